The number of pyridine rings is 1. The average molecular weight is 309 g/mol. The topological polar surface area (TPSA) is 34.1 Å². The Morgan fingerprint density at radius 2 is 2.11 bits per heavy atom. The van der Waals surface area contributed by atoms with Crippen molar-refractivity contribution in [1.29, 1.82) is 0 Å². The molecular formula is C14H17BrN2O. The Balaban J connectivity index is 2.11. The van der Waals surface area contributed by atoms with Crippen LogP contribution < -0.4 is 5.32 Å². The summed E-state index contributed by atoms with van der Waals surface area (Å²) in [5.41, 5.74) is 0. The molecular weight excluding hydrogens is 292 g/mol. The van der Waals surface area contributed by atoms with E-state index in [2.05, 4.69) is 32.3 Å². The molecule has 0 bridgehead atoms. The molecule has 1 aromatic heterocycles. The van der Waals surface area contributed by atoms with E-state index in [1.54, 1.807) is 0 Å². The van der Waals surface area contributed by atoms with Gasteiger partial charge < -0.3 is 10.1 Å². The highest BCUT2D eigenvalue weighted by Crippen LogP contribution is 2.27. The third-order valence-corrected chi connectivity index (χ3v) is 3.29. The van der Waals surface area contributed by atoms with Crippen LogP contribution in [0.4, 0.5) is 5.82 Å². The molecule has 2 aromatic rings. The highest BCUT2D eigenvalue weighted by molar-refractivity contribution is 9.10. The molecule has 0 radical (unpaired) electrons. The number of nitrogens with one attached hydrogen (secondary N) is 1. The molecule has 3 nitrogen and oxygen atoms in total. The molecule has 2 rings (SSSR count). The van der Waals surface area contributed by atoms with E-state index in [1.165, 1.54) is 5.39 Å². The Morgan fingerprint density at radius 3 is 2.89 bits per heavy atom. The van der Waals surface area contributed by atoms with E-state index in [4.69, 9.17) is 4.74 Å². The number of fused-ring (bicyclic) bond motifs is 1. The predicted octanol–water partition coefficient (Wildman–Crippen LogP) is 3.83. The van der Waals surface area contributed by atoms with Crippen LogP contribution in [0.15, 0.2) is 34.9 Å². The molecule has 96 valence electrons. The lowest BCUT2D eigenvalue weighted by Crippen LogP contribution is -2.13. The summed E-state index contributed by atoms with van der Waals surface area (Å²) in [6.45, 7) is 5.51. The fourth-order valence-electron chi connectivity index (χ4n) is 1.77. The van der Waals surface area contributed by atoms with Crippen molar-refractivity contribution in [3.05, 3.63) is 34.9 Å². The summed E-state index contributed by atoms with van der Waals surface area (Å²) in [4.78, 5) is 4.38. The Morgan fingerprint density at radius 1 is 1.28 bits per heavy atom. The molecule has 18 heavy (non-hydrogen) atoms. The molecule has 0 saturated carbocycles. The molecule has 1 heterocycles. The zero-order chi connectivity index (χ0) is 13.0. The van der Waals surface area contributed by atoms with Gasteiger partial charge in [-0.1, -0.05) is 28.1 Å². The summed E-state index contributed by atoms with van der Waals surface area (Å²) in [6, 6.07) is 8.13. The molecule has 4 heteroatoms. The van der Waals surface area contributed by atoms with Crippen LogP contribution >= 0.6 is 15.9 Å². The SMILES string of the molecule is CC(C)OCCNc1nccc2c(Br)cccc12. The van der Waals surface area contributed by atoms with Gasteiger partial charge >= 0.3 is 0 Å². The zero-order valence-corrected chi connectivity index (χ0v) is 12.2. The molecule has 0 aliphatic rings. The maximum absolute atomic E-state index is 5.50. The van der Waals surface area contributed by atoms with Gasteiger partial charge in [-0.25, -0.2) is 4.98 Å². The van der Waals surface area contributed by atoms with Crippen LogP contribution in [0.2, 0.25) is 0 Å². The standard InChI is InChI=1S/C14H17BrN2O/c1-10(2)18-9-8-17-14-12-4-3-5-13(15)11(12)6-7-16-14/h3-7,10H,8-9H2,1-2H3,(H,16,17). The second kappa shape index (κ2) is 6.16. The van der Waals surface area contributed by atoms with Crippen molar-refractivity contribution < 1.29 is 4.74 Å². The van der Waals surface area contributed by atoms with Gasteiger partial charge in [0, 0.05) is 28.0 Å². The lowest BCUT2D eigenvalue weighted by molar-refractivity contribution is 0.0870. The largest absolute Gasteiger partial charge is 0.377 e. The summed E-state index contributed by atoms with van der Waals surface area (Å²) in [6.07, 6.45) is 2.08. The molecule has 0 aliphatic carbocycles. The third kappa shape index (κ3) is 3.21. The second-order valence-corrected chi connectivity index (χ2v) is 5.20. The predicted molar refractivity (Wildman–Crippen MR) is 79.0 cm³/mol. The Hall–Kier alpha value is -1.13. The average Bonchev–Trinajstić information content (AvgIpc) is 2.35. The lowest BCUT2D eigenvalue weighted by Gasteiger charge is -2.11. The number of anilines is 1. The Kier molecular flexibility index (Phi) is 4.55. The van der Waals surface area contributed by atoms with Crippen molar-refractivity contribution in [1.82, 2.24) is 4.98 Å². The maximum atomic E-state index is 5.50. The number of ether oxygens (including phenoxy) is 1. The summed E-state index contributed by atoms with van der Waals surface area (Å²) in [5, 5.41) is 5.60. The van der Waals surface area contributed by atoms with Crippen molar-refractivity contribution in [3.63, 3.8) is 0 Å². The minimum absolute atomic E-state index is 0.265. The first-order chi connectivity index (χ1) is 8.68. The van der Waals surface area contributed by atoms with Gasteiger partial charge in [-0.05, 0) is 26.0 Å². The number of rotatable bonds is 5. The summed E-state index contributed by atoms with van der Waals surface area (Å²) in [5.74, 6) is 0.904. The van der Waals surface area contributed by atoms with Gasteiger partial charge in [-0.2, -0.15) is 0 Å². The molecule has 0 atom stereocenters. The van der Waals surface area contributed by atoms with Gasteiger partial charge in [0.15, 0.2) is 0 Å². The smallest absolute Gasteiger partial charge is 0.133 e. The molecule has 1 aromatic carbocycles. The number of benzene rings is 1. The fraction of sp³-hybridized carbons (Fsp3) is 0.357. The molecule has 0 amide bonds. The number of aromatic nitrogens is 1. The van der Waals surface area contributed by atoms with Crippen molar-refractivity contribution >= 4 is 32.5 Å². The Bertz CT molecular complexity index is 528. The lowest BCUT2D eigenvalue weighted by atomic mass is 10.1. The van der Waals surface area contributed by atoms with E-state index in [9.17, 15) is 0 Å². The van der Waals surface area contributed by atoms with Crippen molar-refractivity contribution in [2.75, 3.05) is 18.5 Å². The van der Waals surface area contributed by atoms with E-state index < -0.39 is 0 Å². The molecule has 1 N–H and O–H groups in total. The molecule has 0 fully saturated rings. The quantitative estimate of drug-likeness (QED) is 0.852. The van der Waals surface area contributed by atoms with Gasteiger partial charge in [0.25, 0.3) is 0 Å². The van der Waals surface area contributed by atoms with Crippen LogP contribution in [-0.4, -0.2) is 24.2 Å². The number of halogens is 1. The van der Waals surface area contributed by atoms with E-state index in [0.717, 1.165) is 22.2 Å². The molecule has 0 spiro atoms. The van der Waals surface area contributed by atoms with Crippen LogP contribution in [0.5, 0.6) is 0 Å². The third-order valence-electron chi connectivity index (χ3n) is 2.60. The second-order valence-electron chi connectivity index (χ2n) is 4.34. The van der Waals surface area contributed by atoms with E-state index in [0.29, 0.717) is 6.61 Å². The highest BCUT2D eigenvalue weighted by atomic mass is 79.9. The summed E-state index contributed by atoms with van der Waals surface area (Å²) < 4.78 is 6.59. The van der Waals surface area contributed by atoms with Crippen LogP contribution in [0, 0.1) is 0 Å². The zero-order valence-electron chi connectivity index (χ0n) is 10.6. The van der Waals surface area contributed by atoms with Gasteiger partial charge in [0.2, 0.25) is 0 Å². The minimum atomic E-state index is 0.265. The molecule has 0 aliphatic heterocycles. The number of nitrogens with zero attached hydrogens (tertiary/aromatic N) is 1. The first-order valence-corrected chi connectivity index (χ1v) is 6.86. The highest BCUT2D eigenvalue weighted by Gasteiger charge is 2.04. The van der Waals surface area contributed by atoms with Crippen LogP contribution in [0.1, 0.15) is 13.8 Å². The summed E-state index contributed by atoms with van der Waals surface area (Å²) >= 11 is 3.55. The van der Waals surface area contributed by atoms with E-state index >= 15 is 0 Å². The van der Waals surface area contributed by atoms with E-state index in [-0.39, 0.29) is 6.10 Å². The van der Waals surface area contributed by atoms with Crippen molar-refractivity contribution in [2.45, 2.75) is 20.0 Å². The van der Waals surface area contributed by atoms with Gasteiger partial charge in [-0.3, -0.25) is 0 Å². The van der Waals surface area contributed by atoms with Crippen molar-refractivity contribution in [2.24, 2.45) is 0 Å². The van der Waals surface area contributed by atoms with Gasteiger partial charge in [0.05, 0.1) is 12.7 Å². The number of hydrogen-bond donors (Lipinski definition) is 1. The monoisotopic (exact) mass is 308 g/mol. The first-order valence-electron chi connectivity index (χ1n) is 6.07. The molecule has 0 saturated heterocycles. The van der Waals surface area contributed by atoms with Gasteiger partial charge in [-0.15, -0.1) is 0 Å². The van der Waals surface area contributed by atoms with Crippen LogP contribution in [0.25, 0.3) is 10.8 Å². The number of hydrogen-bond acceptors (Lipinski definition) is 3. The summed E-state index contributed by atoms with van der Waals surface area (Å²) in [7, 11) is 0. The van der Waals surface area contributed by atoms with Crippen LogP contribution in [-0.2, 0) is 4.74 Å². The van der Waals surface area contributed by atoms with Crippen LogP contribution in [0.3, 0.4) is 0 Å². The fourth-order valence-corrected chi connectivity index (χ4v) is 2.27. The van der Waals surface area contributed by atoms with Crippen molar-refractivity contribution in [3.8, 4) is 0 Å². The first kappa shape index (κ1) is 13.3. The Labute approximate surface area is 116 Å². The van der Waals surface area contributed by atoms with E-state index in [1.807, 2.05) is 38.2 Å². The maximum Gasteiger partial charge on any atom is 0.133 e. The normalized spacial score (nSPS) is 11.1. The van der Waals surface area contributed by atoms with Gasteiger partial charge in [0.1, 0.15) is 5.82 Å². The minimum Gasteiger partial charge on any atom is -0.377 e. The molecule has 0 unspecified atom stereocenters.